The van der Waals surface area contributed by atoms with Crippen molar-refractivity contribution in [3.8, 4) is 22.8 Å². The van der Waals surface area contributed by atoms with Crippen LogP contribution in [0.2, 0.25) is 0 Å². The normalized spacial score (nSPS) is 16.6. The lowest BCUT2D eigenvalue weighted by atomic mass is 9.86. The van der Waals surface area contributed by atoms with Gasteiger partial charge in [0.25, 0.3) is 5.91 Å². The zero-order valence-electron chi connectivity index (χ0n) is 23.3. The molecule has 1 amide bonds. The third-order valence-electron chi connectivity index (χ3n) is 7.10. The molecule has 1 N–H and O–H groups in total. The van der Waals surface area contributed by atoms with E-state index in [0.717, 1.165) is 31.0 Å². The summed E-state index contributed by atoms with van der Waals surface area (Å²) in [6, 6.07) is 5.32. The van der Waals surface area contributed by atoms with Gasteiger partial charge in [0.05, 0.1) is 23.5 Å². The molecule has 5 aromatic rings. The molecule has 1 saturated carbocycles. The number of nitrogens with one attached hydrogen (secondary N) is 1. The standard InChI is InChI=1S/C26H25F4N11O3/c1-38(2)14-8-15(9-14)41-35-21(34-37-41)13-39-12-19(33-24(42)18-11-32-40-7-3-6-31-23(18)40)22(36-39)17-10-16(43-25(27)28)4-5-20(17)44-26(29)30/h3-7,10-12,14-15,25-26H,8-9,13H2,1-2H3,(H,33,42). The minimum atomic E-state index is -3.24. The van der Waals surface area contributed by atoms with Crippen LogP contribution in [0.4, 0.5) is 23.2 Å². The van der Waals surface area contributed by atoms with Crippen LogP contribution in [0.1, 0.15) is 35.1 Å². The lowest BCUT2D eigenvalue weighted by Gasteiger charge is -2.38. The van der Waals surface area contributed by atoms with Crippen LogP contribution in [0.15, 0.2) is 49.1 Å². The number of nitrogens with zero attached hydrogens (tertiary/aromatic N) is 10. The number of aromatic nitrogens is 9. The first kappa shape index (κ1) is 29.0. The molecule has 18 heteroatoms. The fraction of sp³-hybridized carbons (Fsp3) is 0.346. The van der Waals surface area contributed by atoms with Crippen molar-refractivity contribution in [2.24, 2.45) is 0 Å². The Kier molecular flexibility index (Phi) is 7.81. The Balaban J connectivity index is 1.35. The number of halogens is 4. The Labute approximate surface area is 246 Å². The number of hydrogen-bond donors (Lipinski definition) is 1. The quantitative estimate of drug-likeness (QED) is 0.220. The van der Waals surface area contributed by atoms with E-state index in [1.54, 1.807) is 17.1 Å². The minimum Gasteiger partial charge on any atom is -0.435 e. The molecular formula is C26H25F4N11O3. The van der Waals surface area contributed by atoms with Gasteiger partial charge in [0.15, 0.2) is 11.5 Å². The molecule has 0 bridgehead atoms. The van der Waals surface area contributed by atoms with Gasteiger partial charge in [-0.05, 0) is 56.4 Å². The molecule has 1 aromatic carbocycles. The van der Waals surface area contributed by atoms with Crippen LogP contribution in [0.25, 0.3) is 16.9 Å². The Morgan fingerprint density at radius 1 is 1.14 bits per heavy atom. The highest BCUT2D eigenvalue weighted by molar-refractivity contribution is 6.09. The van der Waals surface area contributed by atoms with Gasteiger partial charge in [0.2, 0.25) is 0 Å². The molecule has 230 valence electrons. The van der Waals surface area contributed by atoms with E-state index in [2.05, 4.69) is 50.3 Å². The van der Waals surface area contributed by atoms with Crippen LogP contribution in [-0.2, 0) is 6.54 Å². The van der Waals surface area contributed by atoms with E-state index in [4.69, 9.17) is 0 Å². The van der Waals surface area contributed by atoms with Gasteiger partial charge in [-0.1, -0.05) is 0 Å². The molecular weight excluding hydrogens is 590 g/mol. The van der Waals surface area contributed by atoms with E-state index in [9.17, 15) is 22.4 Å². The van der Waals surface area contributed by atoms with Crippen molar-refractivity contribution in [1.82, 2.24) is 49.5 Å². The maximum absolute atomic E-state index is 13.3. The SMILES string of the molecule is CN(C)C1CC(n2nnc(Cn3cc(NC(=O)c4cnn5cccnc45)c(-c4cc(OC(F)F)ccc4OC(F)F)n3)n2)C1. The van der Waals surface area contributed by atoms with E-state index in [0.29, 0.717) is 11.9 Å². The number of hydrogen-bond acceptors (Lipinski definition) is 10. The Bertz CT molecular complexity index is 1780. The number of fused-ring (bicyclic) bond motifs is 1. The molecule has 1 fully saturated rings. The smallest absolute Gasteiger partial charge is 0.387 e. The molecule has 0 atom stereocenters. The number of alkyl halides is 4. The molecule has 0 aliphatic heterocycles. The van der Waals surface area contributed by atoms with E-state index >= 15 is 0 Å². The number of benzene rings is 1. The molecule has 0 saturated heterocycles. The van der Waals surface area contributed by atoms with Crippen molar-refractivity contribution in [1.29, 1.82) is 0 Å². The fourth-order valence-corrected chi connectivity index (χ4v) is 4.83. The van der Waals surface area contributed by atoms with Gasteiger partial charge in [0.1, 0.15) is 29.3 Å². The third kappa shape index (κ3) is 6.01. The molecule has 14 nitrogen and oxygen atoms in total. The van der Waals surface area contributed by atoms with Crippen LogP contribution < -0.4 is 14.8 Å². The zero-order valence-corrected chi connectivity index (χ0v) is 23.3. The number of rotatable bonds is 11. The summed E-state index contributed by atoms with van der Waals surface area (Å²) in [6.45, 7) is -6.43. The Morgan fingerprint density at radius 2 is 1.93 bits per heavy atom. The van der Waals surface area contributed by atoms with Gasteiger partial charge in [-0.25, -0.2) is 9.50 Å². The summed E-state index contributed by atoms with van der Waals surface area (Å²) < 4.78 is 64.5. The maximum atomic E-state index is 13.3. The monoisotopic (exact) mass is 615 g/mol. The van der Waals surface area contributed by atoms with Crippen molar-refractivity contribution in [2.45, 2.75) is 44.7 Å². The van der Waals surface area contributed by atoms with Crippen LogP contribution in [0.3, 0.4) is 0 Å². The average Bonchev–Trinajstić information content (AvgIpc) is 3.67. The Morgan fingerprint density at radius 3 is 2.68 bits per heavy atom. The topological polar surface area (TPSA) is 142 Å². The van der Waals surface area contributed by atoms with E-state index in [-0.39, 0.29) is 52.2 Å². The lowest BCUT2D eigenvalue weighted by Crippen LogP contribution is -2.42. The number of carbonyl (C=O) groups is 1. The van der Waals surface area contributed by atoms with Gasteiger partial charge < -0.3 is 19.7 Å². The average molecular weight is 616 g/mol. The van der Waals surface area contributed by atoms with Gasteiger partial charge in [-0.3, -0.25) is 9.48 Å². The zero-order chi connectivity index (χ0) is 31.0. The lowest BCUT2D eigenvalue weighted by molar-refractivity contribution is -0.0526. The second-order valence-electron chi connectivity index (χ2n) is 10.2. The second-order valence-corrected chi connectivity index (χ2v) is 10.2. The van der Waals surface area contributed by atoms with E-state index in [1.807, 2.05) is 14.1 Å². The molecule has 0 unspecified atom stereocenters. The summed E-state index contributed by atoms with van der Waals surface area (Å²) in [5, 5.41) is 24.0. The number of carbonyl (C=O) groups excluding carboxylic acids is 1. The van der Waals surface area contributed by atoms with Gasteiger partial charge in [-0.2, -0.15) is 32.6 Å². The van der Waals surface area contributed by atoms with Crippen LogP contribution >= 0.6 is 0 Å². The highest BCUT2D eigenvalue weighted by atomic mass is 19.3. The molecule has 4 heterocycles. The van der Waals surface area contributed by atoms with E-state index in [1.165, 1.54) is 27.8 Å². The largest absolute Gasteiger partial charge is 0.435 e. The first-order valence-corrected chi connectivity index (χ1v) is 13.3. The van der Waals surface area contributed by atoms with Crippen molar-refractivity contribution in [3.05, 3.63) is 60.4 Å². The first-order chi connectivity index (χ1) is 21.1. The van der Waals surface area contributed by atoms with E-state index < -0.39 is 19.1 Å². The molecule has 4 aromatic heterocycles. The van der Waals surface area contributed by atoms with Gasteiger partial charge in [-0.15, -0.1) is 10.2 Å². The maximum Gasteiger partial charge on any atom is 0.387 e. The van der Waals surface area contributed by atoms with Crippen molar-refractivity contribution >= 4 is 17.2 Å². The van der Waals surface area contributed by atoms with Crippen molar-refractivity contribution in [3.63, 3.8) is 0 Å². The molecule has 44 heavy (non-hydrogen) atoms. The highest BCUT2D eigenvalue weighted by Crippen LogP contribution is 2.38. The van der Waals surface area contributed by atoms with Gasteiger partial charge in [0, 0.05) is 24.6 Å². The summed E-state index contributed by atoms with van der Waals surface area (Å²) in [6.07, 6.45) is 7.57. The van der Waals surface area contributed by atoms with Crippen molar-refractivity contribution < 1.29 is 31.8 Å². The fourth-order valence-electron chi connectivity index (χ4n) is 4.83. The van der Waals surface area contributed by atoms with Crippen LogP contribution in [0.5, 0.6) is 11.5 Å². The first-order valence-electron chi connectivity index (χ1n) is 13.3. The minimum absolute atomic E-state index is 0.0107. The third-order valence-corrected chi connectivity index (χ3v) is 7.10. The summed E-state index contributed by atoms with van der Waals surface area (Å²) in [5.74, 6) is -1.06. The number of amides is 1. The number of anilines is 1. The summed E-state index contributed by atoms with van der Waals surface area (Å²) in [4.78, 5) is 21.2. The second kappa shape index (κ2) is 11.9. The number of ether oxygens (including phenoxy) is 2. The van der Waals surface area contributed by atoms with Crippen LogP contribution in [-0.4, -0.2) is 88.8 Å². The van der Waals surface area contributed by atoms with Gasteiger partial charge >= 0.3 is 13.2 Å². The van der Waals surface area contributed by atoms with Crippen LogP contribution in [0, 0.1) is 0 Å². The summed E-state index contributed by atoms with van der Waals surface area (Å²) in [7, 11) is 4.01. The predicted molar refractivity (Wildman–Crippen MR) is 145 cm³/mol. The molecule has 0 radical (unpaired) electrons. The molecule has 0 spiro atoms. The van der Waals surface area contributed by atoms with Crippen molar-refractivity contribution in [2.75, 3.05) is 19.4 Å². The predicted octanol–water partition coefficient (Wildman–Crippen LogP) is 3.35. The molecule has 1 aliphatic carbocycles. The molecule has 6 rings (SSSR count). The highest BCUT2D eigenvalue weighted by Gasteiger charge is 2.33. The Hall–Kier alpha value is -5.13. The summed E-state index contributed by atoms with van der Waals surface area (Å²) in [5.41, 5.74) is 0.207. The molecule has 1 aliphatic rings. The number of tetrazole rings is 1. The summed E-state index contributed by atoms with van der Waals surface area (Å²) >= 11 is 0.